The van der Waals surface area contributed by atoms with Crippen molar-refractivity contribution in [2.45, 2.75) is 338 Å². The Kier molecular flexibility index (Phi) is 35.4. The van der Waals surface area contributed by atoms with Crippen LogP contribution in [0.2, 0.25) is 0 Å². The SMILES string of the molecule is C.CCC(CC)n1cc(C)c2nc(-c3ccc(C(C)C)[nH]c3=O)c(C)cc21.CCC(CC)n1cc(C)c2nc(-c3ccc(C(C)C)nc3OC)c(C)cc21.CCC(CC)n1cc(C)c2nc(-c3ccc(C(C)C)nc3OS(=O)(=O)C(F)(F)F)c(C)cc21.CCC(CC)n1cc(C)c2nc(Br)c(C)cc21.CCc1nc(C(C)C)ccc1-c1nc2c(C)cn(C(CC)CC)c2cc1C. The van der Waals surface area contributed by atoms with Crippen molar-refractivity contribution in [2.75, 3.05) is 7.11 Å². The average Bonchev–Trinajstić information content (AvgIpc) is 1.67. The molecule has 706 valence electrons. The van der Waals surface area contributed by atoms with Gasteiger partial charge in [0, 0.05) is 95.2 Å². The van der Waals surface area contributed by atoms with E-state index >= 15 is 0 Å². The Morgan fingerprint density at radius 2 is 0.641 bits per heavy atom. The molecule has 0 spiro atoms. The first-order valence-corrected chi connectivity index (χ1v) is 49.2. The largest absolute Gasteiger partial charge is 0.534 e. The Labute approximate surface area is 785 Å². The molecule has 0 aliphatic carbocycles. The maximum atomic E-state index is 13.0. The van der Waals surface area contributed by atoms with Crippen molar-refractivity contribution in [1.82, 2.24) is 67.7 Å². The van der Waals surface area contributed by atoms with Crippen LogP contribution in [0.4, 0.5) is 13.2 Å². The molecule has 14 aromatic heterocycles. The highest BCUT2D eigenvalue weighted by Crippen LogP contribution is 2.42. The molecule has 0 amide bonds. The zero-order chi connectivity index (χ0) is 95.7. The van der Waals surface area contributed by atoms with Gasteiger partial charge in [0.05, 0.1) is 102 Å². The number of halogens is 4. The Balaban J connectivity index is 0.000000186. The number of nitrogens with zero attached hydrogens (tertiary/aromatic N) is 13. The molecule has 19 nitrogen and oxygen atoms in total. The van der Waals surface area contributed by atoms with Crippen LogP contribution in [-0.4, -0.2) is 88.7 Å². The molecule has 14 rings (SSSR count). The summed E-state index contributed by atoms with van der Waals surface area (Å²) < 4.78 is 85.5. The third-order valence-electron chi connectivity index (χ3n) is 25.6. The number of pyridine rings is 9. The molecule has 0 radical (unpaired) electrons. The number of alkyl halides is 3. The number of rotatable bonds is 27. The molecule has 24 heteroatoms. The van der Waals surface area contributed by atoms with Crippen molar-refractivity contribution in [3.05, 3.63) is 209 Å². The van der Waals surface area contributed by atoms with E-state index in [1.54, 1.807) is 33.9 Å². The van der Waals surface area contributed by atoms with Crippen LogP contribution in [0.3, 0.4) is 0 Å². The van der Waals surface area contributed by atoms with Crippen LogP contribution in [-0.2, 0) is 16.5 Å². The number of ether oxygens (including phenoxy) is 1. The summed E-state index contributed by atoms with van der Waals surface area (Å²) in [5.41, 5.74) is 26.9. The number of aromatic nitrogens is 14. The Bertz CT molecular complexity index is 6340. The second-order valence-electron chi connectivity index (χ2n) is 36.2. The van der Waals surface area contributed by atoms with E-state index in [4.69, 9.17) is 34.6 Å². The Hall–Kier alpha value is -10.3. The van der Waals surface area contributed by atoms with E-state index in [9.17, 15) is 26.4 Å². The number of hydrogen-bond donors (Lipinski definition) is 1. The average molecular weight is 1880 g/mol. The Morgan fingerprint density at radius 3 is 0.931 bits per heavy atom. The van der Waals surface area contributed by atoms with Crippen LogP contribution in [0.25, 0.3) is 100 Å². The lowest BCUT2D eigenvalue weighted by molar-refractivity contribution is -0.0501. The van der Waals surface area contributed by atoms with E-state index in [1.807, 2.05) is 38.2 Å². The number of aromatic amines is 1. The fourth-order valence-corrected chi connectivity index (χ4v) is 18.5. The number of nitrogens with one attached hydrogen (secondary N) is 1. The number of hydrogen-bond acceptors (Lipinski definition) is 13. The zero-order valence-electron chi connectivity index (χ0n) is 82.6. The van der Waals surface area contributed by atoms with Gasteiger partial charge in [0.2, 0.25) is 11.8 Å². The number of fused-ring (bicyclic) bond motifs is 5. The molecule has 0 saturated carbocycles. The molecular weight excluding hydrogens is 1730 g/mol. The lowest BCUT2D eigenvalue weighted by Crippen LogP contribution is -2.28. The molecule has 0 aromatic carbocycles. The number of H-pyrrole nitrogens is 1. The van der Waals surface area contributed by atoms with Gasteiger partial charge in [-0.1, -0.05) is 139 Å². The van der Waals surface area contributed by atoms with Gasteiger partial charge in [-0.15, -0.1) is 0 Å². The second kappa shape index (κ2) is 44.5. The van der Waals surface area contributed by atoms with E-state index in [0.29, 0.717) is 75.8 Å². The smallest absolute Gasteiger partial charge is 0.480 e. The van der Waals surface area contributed by atoms with Gasteiger partial charge in [-0.3, -0.25) is 9.78 Å². The molecule has 0 fully saturated rings. The van der Waals surface area contributed by atoms with E-state index in [1.165, 1.54) is 56.0 Å². The van der Waals surface area contributed by atoms with Crippen molar-refractivity contribution >= 4 is 81.2 Å². The number of aryl methyl sites for hydroxylation is 11. The summed E-state index contributed by atoms with van der Waals surface area (Å²) in [5, 5.41) is 0. The standard InChI is InChI=1S/C24H33N3.C23H28F3N3O3S.C23H31N3O.C22H29N3O.C14H19BrN2.CH4/c1-8-18(9-2)27-14-17(7)24-22(27)13-16(6)23(26-24)19-11-12-21(15(4)5)25-20(19)10-3;1-7-16(8-2)29-12-15(6)21-19(29)11-14(5)20(28-21)17-9-10-18(13(3)4)27-22(17)32-33(30,31)23(24,25)26;1-8-17(9-2)26-13-16(6)22-20(26)12-15(5)21(25-22)18-10-11-19(14(3)4)24-23(18)27-7;1-7-16(8-2)25-12-15(6)21-19(25)11-14(5)20(24-21)17-9-10-18(13(3)4)23-22(17)26;1-5-11(6-2)17-8-10(4)13-12(17)7-9(3)14(15)16-13;/h11-15,18H,8-10H2,1-7H3;9-13,16H,7-8H2,1-6H3;10-14,17H,8-9H2,1-7H3;9-13,16H,7-8H2,1-6H3,(H,23,26);7-8,11H,5-6H2,1-4H3;1H4. The van der Waals surface area contributed by atoms with Gasteiger partial charge < -0.3 is 36.7 Å². The first-order valence-electron chi connectivity index (χ1n) is 47.0. The van der Waals surface area contributed by atoms with Crippen LogP contribution in [0, 0.1) is 69.2 Å². The van der Waals surface area contributed by atoms with Crippen molar-refractivity contribution < 1.29 is 30.5 Å². The minimum absolute atomic E-state index is 0. The molecule has 0 atom stereocenters. The highest BCUT2D eigenvalue weighted by atomic mass is 79.9. The van der Waals surface area contributed by atoms with Crippen molar-refractivity contribution in [1.29, 1.82) is 0 Å². The minimum Gasteiger partial charge on any atom is -0.480 e. The number of methoxy groups -OCH3 is 1. The van der Waals surface area contributed by atoms with Gasteiger partial charge >= 0.3 is 15.6 Å². The molecule has 0 aliphatic rings. The molecule has 0 unspecified atom stereocenters. The summed E-state index contributed by atoms with van der Waals surface area (Å²) in [7, 11) is -4.22. The maximum absolute atomic E-state index is 13.0. The van der Waals surface area contributed by atoms with Crippen LogP contribution >= 0.6 is 15.9 Å². The van der Waals surface area contributed by atoms with Crippen LogP contribution in [0.1, 0.15) is 341 Å². The van der Waals surface area contributed by atoms with E-state index < -0.39 is 21.5 Å². The van der Waals surface area contributed by atoms with Crippen molar-refractivity contribution in [3.8, 4) is 56.8 Å². The summed E-state index contributed by atoms with van der Waals surface area (Å²) in [6.07, 6.45) is 22.8. The quantitative estimate of drug-likeness (QED) is 0.0289. The maximum Gasteiger partial charge on any atom is 0.534 e. The van der Waals surface area contributed by atoms with Crippen LogP contribution in [0.5, 0.6) is 11.8 Å². The first kappa shape index (κ1) is 104. The van der Waals surface area contributed by atoms with Crippen molar-refractivity contribution in [2.24, 2.45) is 0 Å². The lowest BCUT2D eigenvalue weighted by atomic mass is 10.0. The van der Waals surface area contributed by atoms with Gasteiger partial charge in [0.1, 0.15) is 4.60 Å². The normalized spacial score (nSPS) is 12.0. The second-order valence-corrected chi connectivity index (χ2v) is 38.5. The summed E-state index contributed by atoms with van der Waals surface area (Å²) >= 11 is 3.51. The molecule has 131 heavy (non-hydrogen) atoms. The lowest BCUT2D eigenvalue weighted by Gasteiger charge is -2.18. The highest BCUT2D eigenvalue weighted by Gasteiger charge is 2.49. The van der Waals surface area contributed by atoms with E-state index in [2.05, 4.69) is 297 Å². The third kappa shape index (κ3) is 22.5. The summed E-state index contributed by atoms with van der Waals surface area (Å²) in [6.45, 7) is 61.4. The molecule has 0 saturated heterocycles. The predicted molar refractivity (Wildman–Crippen MR) is 542 cm³/mol. The summed E-state index contributed by atoms with van der Waals surface area (Å²) in [6, 6.07) is 28.9. The molecule has 0 bridgehead atoms. The topological polar surface area (TPSA) is 213 Å². The molecule has 1 N–H and O–H groups in total. The monoisotopic (exact) mass is 1870 g/mol. The van der Waals surface area contributed by atoms with Crippen LogP contribution < -0.4 is 14.5 Å². The molecule has 0 aliphatic heterocycles. The molecule has 14 heterocycles. The highest BCUT2D eigenvalue weighted by molar-refractivity contribution is 9.10. The van der Waals surface area contributed by atoms with Gasteiger partial charge in [-0.2, -0.15) is 21.6 Å². The van der Waals surface area contributed by atoms with Gasteiger partial charge in [0.15, 0.2) is 0 Å². The fraction of sp³-hybridized carbons (Fsp3) is 0.486. The predicted octanol–water partition coefficient (Wildman–Crippen LogP) is 30.3. The van der Waals surface area contributed by atoms with Gasteiger partial charge in [0.25, 0.3) is 5.56 Å². The first-order chi connectivity index (χ1) is 61.6. The van der Waals surface area contributed by atoms with E-state index in [0.717, 1.165) is 176 Å². The fourth-order valence-electron chi connectivity index (χ4n) is 17.7. The van der Waals surface area contributed by atoms with E-state index in [-0.39, 0.29) is 30.5 Å². The van der Waals surface area contributed by atoms with Gasteiger partial charge in [-0.05, 0) is 314 Å². The summed E-state index contributed by atoms with van der Waals surface area (Å²) in [5.74, 6) is 0.962. The molecule has 14 aromatic rings. The Morgan fingerprint density at radius 1 is 0.366 bits per heavy atom. The van der Waals surface area contributed by atoms with Crippen LogP contribution in [0.15, 0.2) is 119 Å². The minimum atomic E-state index is -5.90. The zero-order valence-corrected chi connectivity index (χ0v) is 85.0. The van der Waals surface area contributed by atoms with Gasteiger partial charge in [-0.25, -0.2) is 34.9 Å². The summed E-state index contributed by atoms with van der Waals surface area (Å²) in [4.78, 5) is 53.8. The molecular formula is C107H144BrF3N14O5S. The van der Waals surface area contributed by atoms with Crippen molar-refractivity contribution in [3.63, 3.8) is 0 Å². The third-order valence-corrected chi connectivity index (χ3v) is 27.4.